The van der Waals surface area contributed by atoms with Crippen LogP contribution in [0, 0.1) is 0 Å². The molecule has 0 amide bonds. The van der Waals surface area contributed by atoms with Crippen LogP contribution < -0.4 is 5.32 Å². The fourth-order valence-corrected chi connectivity index (χ4v) is 3.08. The Bertz CT molecular complexity index is 1280. The summed E-state index contributed by atoms with van der Waals surface area (Å²) in [5.74, 6) is 0. The van der Waals surface area contributed by atoms with E-state index >= 15 is 0 Å². The number of nitrogens with zero attached hydrogens (tertiary/aromatic N) is 7. The van der Waals surface area contributed by atoms with Crippen molar-refractivity contribution in [3.05, 3.63) is 72.6 Å². The number of fused-ring (bicyclic) bond motifs is 1. The topological polar surface area (TPSA) is 85.8 Å². The molecule has 3 heterocycles. The van der Waals surface area contributed by atoms with Crippen molar-refractivity contribution < 1.29 is 13.2 Å². The van der Waals surface area contributed by atoms with Gasteiger partial charge in [-0.15, -0.1) is 5.10 Å². The van der Waals surface area contributed by atoms with Crippen LogP contribution in [0.3, 0.4) is 0 Å². The first-order valence-electron chi connectivity index (χ1n) is 9.61. The minimum Gasteiger partial charge on any atom is -0.383 e. The maximum Gasteiger partial charge on any atom is 0.432 e. The molecule has 164 valence electrons. The van der Waals surface area contributed by atoms with Crippen molar-refractivity contribution in [2.45, 2.75) is 19.6 Å². The van der Waals surface area contributed by atoms with Gasteiger partial charge in [-0.25, -0.2) is 9.36 Å². The second kappa shape index (κ2) is 8.61. The lowest BCUT2D eigenvalue weighted by molar-refractivity contribution is -0.0578. The molecule has 0 aliphatic carbocycles. The zero-order valence-electron chi connectivity index (χ0n) is 17.2. The highest BCUT2D eigenvalue weighted by Gasteiger charge is 2.33. The highest BCUT2D eigenvalue weighted by Crippen LogP contribution is 2.19. The smallest absolute Gasteiger partial charge is 0.383 e. The van der Waals surface area contributed by atoms with Crippen molar-refractivity contribution in [2.24, 2.45) is 4.99 Å². The van der Waals surface area contributed by atoms with Gasteiger partial charge in [-0.05, 0) is 43.3 Å². The van der Waals surface area contributed by atoms with Crippen molar-refractivity contribution in [1.82, 2.24) is 35.1 Å². The van der Waals surface area contributed by atoms with Gasteiger partial charge in [0.25, 0.3) is 0 Å². The molecule has 1 aromatic carbocycles. The normalized spacial score (nSPS) is 13.0. The van der Waals surface area contributed by atoms with E-state index < -0.39 is 11.9 Å². The van der Waals surface area contributed by atoms with Gasteiger partial charge in [-0.2, -0.15) is 18.3 Å². The summed E-state index contributed by atoms with van der Waals surface area (Å²) in [7, 11) is 1.11. The number of allylic oxidation sites excluding steroid dienone is 2. The first-order valence-corrected chi connectivity index (χ1v) is 9.61. The van der Waals surface area contributed by atoms with Crippen LogP contribution >= 0.6 is 0 Å². The van der Waals surface area contributed by atoms with Crippen molar-refractivity contribution in [3.63, 3.8) is 0 Å². The zero-order chi connectivity index (χ0) is 22.7. The fourth-order valence-electron chi connectivity index (χ4n) is 3.08. The van der Waals surface area contributed by atoms with E-state index in [1.54, 1.807) is 34.2 Å². The number of halogens is 3. The van der Waals surface area contributed by atoms with Gasteiger partial charge < -0.3 is 5.32 Å². The minimum absolute atomic E-state index is 0.224. The molecule has 4 aromatic rings. The van der Waals surface area contributed by atoms with Crippen LogP contribution in [0.4, 0.5) is 13.2 Å². The molecule has 0 spiro atoms. The molecule has 0 aliphatic heterocycles. The number of hydrogen-bond donors (Lipinski definition) is 1. The van der Waals surface area contributed by atoms with Gasteiger partial charge in [-0.3, -0.25) is 9.98 Å². The molecule has 4 rings (SSSR count). The lowest BCUT2D eigenvalue weighted by Crippen LogP contribution is -2.23. The summed E-state index contributed by atoms with van der Waals surface area (Å²) in [5.41, 5.74) is 2.51. The van der Waals surface area contributed by atoms with E-state index in [-0.39, 0.29) is 6.54 Å². The van der Waals surface area contributed by atoms with Crippen molar-refractivity contribution in [2.75, 3.05) is 7.05 Å². The molecule has 3 aromatic heterocycles. The molecule has 0 saturated carbocycles. The fraction of sp³-hybridized carbons (Fsp3) is 0.190. The molecule has 11 heteroatoms. The van der Waals surface area contributed by atoms with Gasteiger partial charge in [0.1, 0.15) is 11.4 Å². The Labute approximate surface area is 181 Å². The number of alkyl halides is 3. The first kappa shape index (κ1) is 21.2. The number of nitrogens with one attached hydrogen (secondary N) is 1. The SMILES string of the molecule is C/N=C(\C=C(/C)NCc1cn(-c2ccc(-n3ncc4ccncc43)cc2)nn1)C(F)(F)F. The van der Waals surface area contributed by atoms with Crippen LogP contribution in [0.1, 0.15) is 12.6 Å². The Morgan fingerprint density at radius 1 is 1.12 bits per heavy atom. The lowest BCUT2D eigenvalue weighted by atomic mass is 10.2. The Morgan fingerprint density at radius 3 is 2.59 bits per heavy atom. The molecule has 0 fully saturated rings. The molecule has 0 radical (unpaired) electrons. The van der Waals surface area contributed by atoms with Crippen LogP contribution in [-0.4, -0.2) is 48.7 Å². The zero-order valence-corrected chi connectivity index (χ0v) is 17.2. The van der Waals surface area contributed by atoms with E-state index in [0.717, 1.165) is 35.4 Å². The van der Waals surface area contributed by atoms with Crippen LogP contribution in [0.5, 0.6) is 0 Å². The second-order valence-electron chi connectivity index (χ2n) is 6.95. The number of benzene rings is 1. The third kappa shape index (κ3) is 4.51. The van der Waals surface area contributed by atoms with Crippen molar-refractivity contribution in [3.8, 4) is 11.4 Å². The highest BCUT2D eigenvalue weighted by molar-refractivity contribution is 5.99. The van der Waals surface area contributed by atoms with E-state index in [9.17, 15) is 13.2 Å². The number of rotatable bonds is 6. The Hall–Kier alpha value is -4.02. The maximum absolute atomic E-state index is 12.8. The Morgan fingerprint density at radius 2 is 1.88 bits per heavy atom. The third-order valence-electron chi connectivity index (χ3n) is 4.71. The van der Waals surface area contributed by atoms with Crippen LogP contribution in [0.25, 0.3) is 22.3 Å². The number of pyridine rings is 1. The van der Waals surface area contributed by atoms with Crippen LogP contribution in [0.2, 0.25) is 0 Å². The Kier molecular flexibility index (Phi) is 5.71. The highest BCUT2D eigenvalue weighted by atomic mass is 19.4. The summed E-state index contributed by atoms with van der Waals surface area (Å²) < 4.78 is 41.8. The number of aliphatic imine (C=N–C) groups is 1. The maximum atomic E-state index is 12.8. The first-order chi connectivity index (χ1) is 15.3. The summed E-state index contributed by atoms with van der Waals surface area (Å²) in [5, 5.41) is 16.5. The summed E-state index contributed by atoms with van der Waals surface area (Å²) in [6, 6.07) is 9.47. The molecule has 8 nitrogen and oxygen atoms in total. The summed E-state index contributed by atoms with van der Waals surface area (Å²) in [6.45, 7) is 1.76. The van der Waals surface area contributed by atoms with Crippen molar-refractivity contribution >= 4 is 16.6 Å². The standard InChI is InChI=1S/C21H19F3N8/c1-14(9-20(25-2)21(22,23)24)27-11-16-13-31(30-29-16)17-3-5-18(6-4-17)32-19-12-26-8-7-15(19)10-28-32/h3-10,12-13,27H,11H2,1-2H3/b14-9+,25-20+. The summed E-state index contributed by atoms with van der Waals surface area (Å²) in [4.78, 5) is 7.42. The third-order valence-corrected chi connectivity index (χ3v) is 4.71. The second-order valence-corrected chi connectivity index (χ2v) is 6.95. The van der Waals surface area contributed by atoms with E-state index in [2.05, 4.69) is 30.7 Å². The summed E-state index contributed by atoms with van der Waals surface area (Å²) >= 11 is 0. The van der Waals surface area contributed by atoms with Gasteiger partial charge in [0, 0.05) is 24.3 Å². The molecular weight excluding hydrogens is 421 g/mol. The monoisotopic (exact) mass is 440 g/mol. The molecule has 0 aliphatic rings. The predicted octanol–water partition coefficient (Wildman–Crippen LogP) is 3.63. The molecule has 0 saturated heterocycles. The van der Waals surface area contributed by atoms with E-state index in [4.69, 9.17) is 0 Å². The molecule has 1 N–H and O–H groups in total. The largest absolute Gasteiger partial charge is 0.432 e. The average molecular weight is 440 g/mol. The van der Waals surface area contributed by atoms with Gasteiger partial charge >= 0.3 is 6.18 Å². The number of aromatic nitrogens is 6. The van der Waals surface area contributed by atoms with E-state index in [0.29, 0.717) is 11.4 Å². The van der Waals surface area contributed by atoms with Gasteiger partial charge in [0.05, 0.1) is 42.0 Å². The van der Waals surface area contributed by atoms with Crippen LogP contribution in [-0.2, 0) is 6.54 Å². The molecular formula is C21H19F3N8. The quantitative estimate of drug-likeness (QED) is 0.463. The molecule has 32 heavy (non-hydrogen) atoms. The van der Waals surface area contributed by atoms with E-state index in [1.807, 2.05) is 30.3 Å². The average Bonchev–Trinajstić information content (AvgIpc) is 3.42. The van der Waals surface area contributed by atoms with Gasteiger partial charge in [0.2, 0.25) is 0 Å². The molecule has 0 bridgehead atoms. The molecule has 0 atom stereocenters. The van der Waals surface area contributed by atoms with Crippen molar-refractivity contribution in [1.29, 1.82) is 0 Å². The van der Waals surface area contributed by atoms with Gasteiger partial charge in [-0.1, -0.05) is 5.21 Å². The predicted molar refractivity (Wildman–Crippen MR) is 114 cm³/mol. The minimum atomic E-state index is -4.49. The van der Waals surface area contributed by atoms with Gasteiger partial charge in [0.15, 0.2) is 0 Å². The van der Waals surface area contributed by atoms with Crippen LogP contribution in [0.15, 0.2) is 71.9 Å². The Balaban J connectivity index is 1.45. The summed E-state index contributed by atoms with van der Waals surface area (Å²) in [6.07, 6.45) is 3.43. The lowest BCUT2D eigenvalue weighted by Gasteiger charge is -2.08. The molecule has 0 unspecified atom stereocenters. The van der Waals surface area contributed by atoms with E-state index in [1.165, 1.54) is 6.92 Å². The number of hydrogen-bond acceptors (Lipinski definition) is 6.